The largest absolute Gasteiger partial charge is 0.368 e. The molecule has 0 aromatic carbocycles. The molecule has 0 spiro atoms. The number of hydrogen-bond donors (Lipinski definition) is 1. The zero-order valence-corrected chi connectivity index (χ0v) is 8.14. The number of unbranched alkanes of at least 4 members (excludes halogenated alkanes) is 2. The summed E-state index contributed by atoms with van der Waals surface area (Å²) in [6.45, 7) is 3.83. The molecule has 1 aromatic rings. The molecule has 0 radical (unpaired) electrons. The van der Waals surface area contributed by atoms with E-state index in [1.165, 1.54) is 11.1 Å². The van der Waals surface area contributed by atoms with E-state index in [0.717, 1.165) is 19.3 Å². The smallest absolute Gasteiger partial charge is 0.175 e. The monoisotopic (exact) mass is 184 g/mol. The number of tetrazole rings is 1. The van der Waals surface area contributed by atoms with Crippen molar-refractivity contribution in [2.24, 2.45) is 0 Å². The van der Waals surface area contributed by atoms with Gasteiger partial charge in [0.05, 0.1) is 0 Å². The van der Waals surface area contributed by atoms with Crippen molar-refractivity contribution in [2.75, 3.05) is 0 Å². The highest BCUT2D eigenvalue weighted by atomic mass is 16.3. The van der Waals surface area contributed by atoms with E-state index in [0.29, 0.717) is 6.42 Å². The van der Waals surface area contributed by atoms with Crippen molar-refractivity contribution in [2.45, 2.75) is 45.3 Å². The lowest BCUT2D eigenvalue weighted by molar-refractivity contribution is -0.0537. The van der Waals surface area contributed by atoms with Gasteiger partial charge in [0.25, 0.3) is 0 Å². The number of rotatable bonds is 5. The first-order valence-electron chi connectivity index (χ1n) is 4.62. The van der Waals surface area contributed by atoms with Gasteiger partial charge in [0.1, 0.15) is 0 Å². The third kappa shape index (κ3) is 2.77. The lowest BCUT2D eigenvalue weighted by Crippen LogP contribution is -2.32. The molecule has 0 aliphatic heterocycles. The van der Waals surface area contributed by atoms with Crippen molar-refractivity contribution in [3.63, 3.8) is 0 Å². The Balaban J connectivity index is 2.46. The molecule has 0 unspecified atom stereocenters. The van der Waals surface area contributed by atoms with E-state index < -0.39 is 5.72 Å². The molecule has 1 rings (SSSR count). The Kier molecular flexibility index (Phi) is 3.36. The summed E-state index contributed by atoms with van der Waals surface area (Å²) in [6, 6.07) is 0. The summed E-state index contributed by atoms with van der Waals surface area (Å²) < 4.78 is 0. The van der Waals surface area contributed by atoms with E-state index in [1.807, 2.05) is 0 Å². The molecule has 74 valence electrons. The molecule has 0 saturated carbocycles. The van der Waals surface area contributed by atoms with Gasteiger partial charge in [-0.2, -0.15) is 0 Å². The van der Waals surface area contributed by atoms with Crippen LogP contribution in [0.1, 0.15) is 39.5 Å². The van der Waals surface area contributed by atoms with Crippen LogP contribution >= 0.6 is 0 Å². The SMILES string of the molecule is CCCCC[C@@](C)(O)n1ncnn1. The Hall–Kier alpha value is -0.970. The van der Waals surface area contributed by atoms with Crippen molar-refractivity contribution < 1.29 is 5.11 Å². The Morgan fingerprint density at radius 1 is 1.46 bits per heavy atom. The van der Waals surface area contributed by atoms with Crippen LogP contribution in [0.5, 0.6) is 0 Å². The Labute approximate surface area is 77.8 Å². The van der Waals surface area contributed by atoms with Gasteiger partial charge >= 0.3 is 0 Å². The highest BCUT2D eigenvalue weighted by Crippen LogP contribution is 2.17. The van der Waals surface area contributed by atoms with E-state index >= 15 is 0 Å². The second-order valence-electron chi connectivity index (χ2n) is 3.40. The molecule has 1 atom stereocenters. The van der Waals surface area contributed by atoms with Crippen molar-refractivity contribution in [1.82, 2.24) is 20.2 Å². The molecule has 0 aliphatic carbocycles. The number of hydrogen-bond acceptors (Lipinski definition) is 4. The van der Waals surface area contributed by atoms with E-state index in [9.17, 15) is 5.11 Å². The summed E-state index contributed by atoms with van der Waals surface area (Å²) in [7, 11) is 0. The van der Waals surface area contributed by atoms with Gasteiger partial charge in [0.15, 0.2) is 12.1 Å². The molecule has 0 fully saturated rings. The molecular formula is C8H16N4O. The molecule has 5 heteroatoms. The quantitative estimate of drug-likeness (QED) is 0.691. The van der Waals surface area contributed by atoms with Crippen molar-refractivity contribution in [3.05, 3.63) is 6.33 Å². The molecule has 1 aromatic heterocycles. The zero-order valence-electron chi connectivity index (χ0n) is 8.14. The van der Waals surface area contributed by atoms with Gasteiger partial charge in [0.2, 0.25) is 0 Å². The summed E-state index contributed by atoms with van der Waals surface area (Å²) in [6.07, 6.45) is 5.22. The molecule has 13 heavy (non-hydrogen) atoms. The maximum Gasteiger partial charge on any atom is 0.175 e. The van der Waals surface area contributed by atoms with Gasteiger partial charge in [-0.05, 0) is 25.0 Å². The van der Waals surface area contributed by atoms with Gasteiger partial charge in [-0.25, -0.2) is 0 Å². The minimum atomic E-state index is -0.994. The van der Waals surface area contributed by atoms with E-state index in [-0.39, 0.29) is 0 Å². The van der Waals surface area contributed by atoms with Crippen molar-refractivity contribution in [1.29, 1.82) is 0 Å². The maximum atomic E-state index is 9.90. The van der Waals surface area contributed by atoms with Crippen LogP contribution in [0, 0.1) is 0 Å². The standard InChI is InChI=1S/C8H16N4O/c1-3-4-5-6-8(2,13)12-10-7-9-11-12/h7,13H,3-6H2,1-2H3/t8-/m1/s1. The van der Waals surface area contributed by atoms with Crippen LogP contribution < -0.4 is 0 Å². The minimum Gasteiger partial charge on any atom is -0.368 e. The molecule has 1 heterocycles. The summed E-state index contributed by atoms with van der Waals surface area (Å²) in [5, 5.41) is 20.9. The third-order valence-corrected chi connectivity index (χ3v) is 2.03. The molecule has 0 aliphatic rings. The van der Waals surface area contributed by atoms with Crippen LogP contribution in [0.4, 0.5) is 0 Å². The predicted molar refractivity (Wildman–Crippen MR) is 47.8 cm³/mol. The molecule has 0 saturated heterocycles. The first-order chi connectivity index (χ1) is 6.17. The molecule has 0 bridgehead atoms. The van der Waals surface area contributed by atoms with Crippen LogP contribution in [0.2, 0.25) is 0 Å². The average Bonchev–Trinajstić information content (AvgIpc) is 2.56. The maximum absolute atomic E-state index is 9.90. The second kappa shape index (κ2) is 4.32. The number of aromatic nitrogens is 4. The van der Waals surface area contributed by atoms with Crippen molar-refractivity contribution in [3.8, 4) is 0 Å². The van der Waals surface area contributed by atoms with Crippen LogP contribution in [0.25, 0.3) is 0 Å². The van der Waals surface area contributed by atoms with Gasteiger partial charge < -0.3 is 5.11 Å². The van der Waals surface area contributed by atoms with E-state index in [4.69, 9.17) is 0 Å². The van der Waals surface area contributed by atoms with Crippen LogP contribution in [0.15, 0.2) is 6.33 Å². The lowest BCUT2D eigenvalue weighted by atomic mass is 10.1. The number of aliphatic hydroxyl groups is 1. The second-order valence-corrected chi connectivity index (χ2v) is 3.40. The Morgan fingerprint density at radius 2 is 2.23 bits per heavy atom. The van der Waals surface area contributed by atoms with E-state index in [2.05, 4.69) is 22.3 Å². The zero-order chi connectivity index (χ0) is 9.73. The van der Waals surface area contributed by atoms with Gasteiger partial charge in [0, 0.05) is 0 Å². The fourth-order valence-corrected chi connectivity index (χ4v) is 1.20. The summed E-state index contributed by atoms with van der Waals surface area (Å²) in [4.78, 5) is 1.25. The first-order valence-corrected chi connectivity index (χ1v) is 4.62. The fourth-order valence-electron chi connectivity index (χ4n) is 1.20. The third-order valence-electron chi connectivity index (χ3n) is 2.03. The number of nitrogens with zero attached hydrogens (tertiary/aromatic N) is 4. The van der Waals surface area contributed by atoms with Crippen molar-refractivity contribution >= 4 is 0 Å². The fraction of sp³-hybridized carbons (Fsp3) is 0.875. The highest BCUT2D eigenvalue weighted by molar-refractivity contribution is 4.63. The van der Waals surface area contributed by atoms with Gasteiger partial charge in [-0.1, -0.05) is 19.8 Å². The van der Waals surface area contributed by atoms with Crippen LogP contribution in [-0.4, -0.2) is 25.3 Å². The molecule has 1 N–H and O–H groups in total. The van der Waals surface area contributed by atoms with Gasteiger partial charge in [-0.3, -0.25) is 0 Å². The summed E-state index contributed by atoms with van der Waals surface area (Å²) in [5.41, 5.74) is -0.994. The topological polar surface area (TPSA) is 63.8 Å². The Bertz CT molecular complexity index is 232. The average molecular weight is 184 g/mol. The molecule has 5 nitrogen and oxygen atoms in total. The normalized spacial score (nSPS) is 15.6. The summed E-state index contributed by atoms with van der Waals surface area (Å²) >= 11 is 0. The summed E-state index contributed by atoms with van der Waals surface area (Å²) in [5.74, 6) is 0. The Morgan fingerprint density at radius 3 is 2.77 bits per heavy atom. The van der Waals surface area contributed by atoms with Crippen LogP contribution in [-0.2, 0) is 5.72 Å². The lowest BCUT2D eigenvalue weighted by Gasteiger charge is -2.20. The molecule has 0 amide bonds. The van der Waals surface area contributed by atoms with Gasteiger partial charge in [-0.15, -0.1) is 15.0 Å². The minimum absolute atomic E-state index is 0.664. The first kappa shape index (κ1) is 10.1. The predicted octanol–water partition coefficient (Wildman–Crippen LogP) is 0.918. The highest BCUT2D eigenvalue weighted by Gasteiger charge is 2.23. The van der Waals surface area contributed by atoms with E-state index in [1.54, 1.807) is 6.92 Å². The molecular weight excluding hydrogens is 168 g/mol. The van der Waals surface area contributed by atoms with Crippen LogP contribution in [0.3, 0.4) is 0 Å².